The number of aromatic amines is 1. The Morgan fingerprint density at radius 2 is 1.85 bits per heavy atom. The second kappa shape index (κ2) is 7.19. The van der Waals surface area contributed by atoms with Crippen LogP contribution < -0.4 is 10.3 Å². The number of ether oxygens (including phenoxy) is 1. The smallest absolute Gasteiger partial charge is 0.266 e. The molecule has 0 aliphatic rings. The standard InChI is InChI=1S/C20H14F2N2O2/c1-12-8-17(18(10-23)20(25)24-12)13-2-5-16(6-3-13)26-11-14-9-15(21)4-7-19(14)22/h2-9H,11H2,1H3,(H,24,25). The van der Waals surface area contributed by atoms with Gasteiger partial charge < -0.3 is 9.72 Å². The summed E-state index contributed by atoms with van der Waals surface area (Å²) >= 11 is 0. The molecule has 2 aromatic carbocycles. The molecule has 0 radical (unpaired) electrons. The van der Waals surface area contributed by atoms with Crippen molar-refractivity contribution in [1.82, 2.24) is 4.98 Å². The summed E-state index contributed by atoms with van der Waals surface area (Å²) in [7, 11) is 0. The third-order valence-corrected chi connectivity index (χ3v) is 3.85. The van der Waals surface area contributed by atoms with E-state index in [1.165, 1.54) is 0 Å². The van der Waals surface area contributed by atoms with Crippen molar-refractivity contribution >= 4 is 0 Å². The van der Waals surface area contributed by atoms with E-state index in [4.69, 9.17) is 4.74 Å². The van der Waals surface area contributed by atoms with Gasteiger partial charge in [-0.15, -0.1) is 0 Å². The summed E-state index contributed by atoms with van der Waals surface area (Å²) in [6, 6.07) is 13.5. The van der Waals surface area contributed by atoms with Gasteiger partial charge in [0.15, 0.2) is 0 Å². The van der Waals surface area contributed by atoms with Crippen LogP contribution in [0.2, 0.25) is 0 Å². The Morgan fingerprint density at radius 3 is 2.54 bits per heavy atom. The molecule has 26 heavy (non-hydrogen) atoms. The van der Waals surface area contributed by atoms with Crippen LogP contribution in [0.25, 0.3) is 11.1 Å². The van der Waals surface area contributed by atoms with E-state index in [9.17, 15) is 18.8 Å². The molecule has 0 saturated carbocycles. The molecule has 0 amide bonds. The summed E-state index contributed by atoms with van der Waals surface area (Å²) in [6.07, 6.45) is 0. The topological polar surface area (TPSA) is 65.9 Å². The number of aromatic nitrogens is 1. The third kappa shape index (κ3) is 3.62. The lowest BCUT2D eigenvalue weighted by molar-refractivity contribution is 0.299. The zero-order valence-electron chi connectivity index (χ0n) is 13.8. The number of halogens is 2. The number of pyridine rings is 1. The van der Waals surface area contributed by atoms with Gasteiger partial charge in [-0.2, -0.15) is 5.26 Å². The fraction of sp³-hybridized carbons (Fsp3) is 0.100. The van der Waals surface area contributed by atoms with Gasteiger partial charge >= 0.3 is 0 Å². The van der Waals surface area contributed by atoms with E-state index in [2.05, 4.69) is 4.98 Å². The molecule has 0 fully saturated rings. The Hall–Kier alpha value is -3.46. The first kappa shape index (κ1) is 17.4. The number of benzene rings is 2. The average molecular weight is 352 g/mol. The second-order valence-corrected chi connectivity index (χ2v) is 5.73. The molecule has 4 nitrogen and oxygen atoms in total. The Bertz CT molecular complexity index is 1050. The second-order valence-electron chi connectivity index (χ2n) is 5.73. The number of hydrogen-bond donors (Lipinski definition) is 1. The fourth-order valence-electron chi connectivity index (χ4n) is 2.57. The van der Waals surface area contributed by atoms with Crippen molar-refractivity contribution in [2.75, 3.05) is 0 Å². The zero-order valence-corrected chi connectivity index (χ0v) is 13.8. The monoisotopic (exact) mass is 352 g/mol. The average Bonchev–Trinajstić information content (AvgIpc) is 2.62. The van der Waals surface area contributed by atoms with Gasteiger partial charge in [-0.1, -0.05) is 12.1 Å². The van der Waals surface area contributed by atoms with Gasteiger partial charge in [0.25, 0.3) is 5.56 Å². The zero-order chi connectivity index (χ0) is 18.7. The van der Waals surface area contributed by atoms with Gasteiger partial charge in [0.1, 0.15) is 35.6 Å². The van der Waals surface area contributed by atoms with Gasteiger partial charge in [0.05, 0.1) is 0 Å². The van der Waals surface area contributed by atoms with E-state index in [1.54, 1.807) is 37.3 Å². The molecule has 0 unspecified atom stereocenters. The summed E-state index contributed by atoms with van der Waals surface area (Å²) in [4.78, 5) is 14.5. The normalized spacial score (nSPS) is 10.4. The number of nitriles is 1. The van der Waals surface area contributed by atoms with Crippen LogP contribution in [0.1, 0.15) is 16.8 Å². The predicted molar refractivity (Wildman–Crippen MR) is 92.6 cm³/mol. The Labute approximate surface area is 148 Å². The Kier molecular flexibility index (Phi) is 4.81. The minimum atomic E-state index is -0.541. The molecule has 0 spiro atoms. The van der Waals surface area contributed by atoms with Crippen molar-refractivity contribution in [1.29, 1.82) is 5.26 Å². The van der Waals surface area contributed by atoms with Gasteiger partial charge in [0, 0.05) is 16.8 Å². The molecule has 0 atom stereocenters. The molecule has 0 aliphatic carbocycles. The summed E-state index contributed by atoms with van der Waals surface area (Å²) in [5, 5.41) is 9.20. The van der Waals surface area contributed by atoms with Crippen LogP contribution in [0.15, 0.2) is 53.3 Å². The SMILES string of the molecule is Cc1cc(-c2ccc(OCc3cc(F)ccc3F)cc2)c(C#N)c(=O)[nH]1. The Balaban J connectivity index is 1.83. The van der Waals surface area contributed by atoms with Gasteiger partial charge in [-0.3, -0.25) is 4.79 Å². The predicted octanol–water partition coefficient (Wildman–Crippen LogP) is 4.08. The molecule has 0 aliphatic heterocycles. The van der Waals surface area contributed by atoms with Crippen LogP contribution in [-0.4, -0.2) is 4.98 Å². The minimum Gasteiger partial charge on any atom is -0.489 e. The molecule has 0 bridgehead atoms. The van der Waals surface area contributed by atoms with E-state index in [0.29, 0.717) is 22.6 Å². The first-order valence-corrected chi connectivity index (χ1v) is 7.79. The summed E-state index contributed by atoms with van der Waals surface area (Å²) in [5.74, 6) is -0.618. The molecule has 1 N–H and O–H groups in total. The lowest BCUT2D eigenvalue weighted by Gasteiger charge is -2.09. The lowest BCUT2D eigenvalue weighted by atomic mass is 10.0. The van der Waals surface area contributed by atoms with Gasteiger partial charge in [0.2, 0.25) is 0 Å². The fourth-order valence-corrected chi connectivity index (χ4v) is 2.57. The van der Waals surface area contributed by atoms with Gasteiger partial charge in [-0.25, -0.2) is 8.78 Å². The molecular weight excluding hydrogens is 338 g/mol. The highest BCUT2D eigenvalue weighted by Gasteiger charge is 2.10. The van der Waals surface area contributed by atoms with Crippen LogP contribution in [-0.2, 0) is 6.61 Å². The number of H-pyrrole nitrogens is 1. The highest BCUT2D eigenvalue weighted by atomic mass is 19.1. The van der Waals surface area contributed by atoms with Crippen molar-refractivity contribution in [2.45, 2.75) is 13.5 Å². The molecule has 6 heteroatoms. The van der Waals surface area contributed by atoms with Crippen LogP contribution >= 0.6 is 0 Å². The molecule has 3 aromatic rings. The first-order valence-electron chi connectivity index (χ1n) is 7.79. The third-order valence-electron chi connectivity index (χ3n) is 3.85. The molecular formula is C20H14F2N2O2. The lowest BCUT2D eigenvalue weighted by Crippen LogP contribution is -2.12. The minimum absolute atomic E-state index is 0.0334. The quantitative estimate of drug-likeness (QED) is 0.769. The summed E-state index contributed by atoms with van der Waals surface area (Å²) < 4.78 is 32.3. The number of aryl methyl sites for hydroxylation is 1. The van der Waals surface area contributed by atoms with E-state index < -0.39 is 17.2 Å². The number of rotatable bonds is 4. The number of nitrogens with one attached hydrogen (secondary N) is 1. The van der Waals surface area contributed by atoms with Crippen molar-refractivity contribution in [2.24, 2.45) is 0 Å². The Morgan fingerprint density at radius 1 is 1.12 bits per heavy atom. The first-order chi connectivity index (χ1) is 12.5. The highest BCUT2D eigenvalue weighted by Crippen LogP contribution is 2.25. The van der Waals surface area contributed by atoms with E-state index in [-0.39, 0.29) is 17.7 Å². The maximum atomic E-state index is 13.6. The molecule has 0 saturated heterocycles. The van der Waals surface area contributed by atoms with Crippen molar-refractivity contribution in [3.8, 4) is 22.9 Å². The van der Waals surface area contributed by atoms with Crippen molar-refractivity contribution in [3.05, 3.63) is 87.3 Å². The van der Waals surface area contributed by atoms with E-state index in [0.717, 1.165) is 18.2 Å². The molecule has 3 rings (SSSR count). The van der Waals surface area contributed by atoms with E-state index >= 15 is 0 Å². The summed E-state index contributed by atoms with van der Waals surface area (Å²) in [6.45, 7) is 1.62. The molecule has 1 heterocycles. The maximum Gasteiger partial charge on any atom is 0.266 e. The van der Waals surface area contributed by atoms with Crippen LogP contribution in [0, 0.1) is 29.9 Å². The maximum absolute atomic E-state index is 13.6. The van der Waals surface area contributed by atoms with Crippen LogP contribution in [0.3, 0.4) is 0 Å². The largest absolute Gasteiger partial charge is 0.489 e. The van der Waals surface area contributed by atoms with Gasteiger partial charge in [-0.05, 0) is 48.9 Å². The van der Waals surface area contributed by atoms with Crippen LogP contribution in [0.5, 0.6) is 5.75 Å². The van der Waals surface area contributed by atoms with Crippen molar-refractivity contribution in [3.63, 3.8) is 0 Å². The number of hydrogen-bond acceptors (Lipinski definition) is 3. The van der Waals surface area contributed by atoms with Crippen LogP contribution in [0.4, 0.5) is 8.78 Å². The number of nitrogens with zero attached hydrogens (tertiary/aromatic N) is 1. The molecule has 130 valence electrons. The molecule has 1 aromatic heterocycles. The van der Waals surface area contributed by atoms with E-state index in [1.807, 2.05) is 6.07 Å². The summed E-state index contributed by atoms with van der Waals surface area (Å²) in [5.41, 5.74) is 1.56. The highest BCUT2D eigenvalue weighted by molar-refractivity contribution is 5.70. The van der Waals surface area contributed by atoms with Crippen molar-refractivity contribution < 1.29 is 13.5 Å².